The van der Waals surface area contributed by atoms with E-state index in [1.807, 2.05) is 0 Å². The molecule has 0 aliphatic heterocycles. The largest absolute Gasteiger partial charge is 0.455 e. The molecule has 0 spiro atoms. The van der Waals surface area contributed by atoms with Gasteiger partial charge in [-0.1, -0.05) is 18.2 Å². The first-order chi connectivity index (χ1) is 11.1. The SMILES string of the molecule is CN(C)C(=O)CNC(=O)COC(=O)Cc1cccc(C(F)(F)F)c1. The second kappa shape index (κ2) is 8.32. The second-order valence-corrected chi connectivity index (χ2v) is 5.10. The summed E-state index contributed by atoms with van der Waals surface area (Å²) < 4.78 is 42.4. The second-order valence-electron chi connectivity index (χ2n) is 5.10. The molecular formula is C15H17F3N2O4. The minimum absolute atomic E-state index is 0.123. The summed E-state index contributed by atoms with van der Waals surface area (Å²) in [5, 5.41) is 2.26. The van der Waals surface area contributed by atoms with Crippen LogP contribution in [0.15, 0.2) is 24.3 Å². The maximum absolute atomic E-state index is 12.6. The number of likely N-dealkylation sites (N-methyl/N-ethyl adjacent to an activating group) is 1. The third kappa shape index (κ3) is 6.67. The van der Waals surface area contributed by atoms with E-state index >= 15 is 0 Å². The number of carbonyl (C=O) groups excluding carboxylic acids is 3. The van der Waals surface area contributed by atoms with Gasteiger partial charge in [0.1, 0.15) is 0 Å². The maximum Gasteiger partial charge on any atom is 0.416 e. The summed E-state index contributed by atoms with van der Waals surface area (Å²) in [6, 6.07) is 4.28. The average molecular weight is 346 g/mol. The van der Waals surface area contributed by atoms with Gasteiger partial charge in [-0.3, -0.25) is 14.4 Å². The molecule has 0 heterocycles. The molecule has 24 heavy (non-hydrogen) atoms. The first kappa shape index (κ1) is 19.5. The number of esters is 1. The van der Waals surface area contributed by atoms with Crippen molar-refractivity contribution in [2.75, 3.05) is 27.2 Å². The topological polar surface area (TPSA) is 75.7 Å². The van der Waals surface area contributed by atoms with Crippen LogP contribution < -0.4 is 5.32 Å². The number of alkyl halides is 3. The molecule has 0 saturated carbocycles. The predicted octanol–water partition coefficient (Wildman–Crippen LogP) is 0.996. The Balaban J connectivity index is 2.44. The molecule has 9 heteroatoms. The lowest BCUT2D eigenvalue weighted by atomic mass is 10.1. The fraction of sp³-hybridized carbons (Fsp3) is 0.400. The molecule has 1 aromatic rings. The normalized spacial score (nSPS) is 10.9. The van der Waals surface area contributed by atoms with Crippen molar-refractivity contribution in [3.63, 3.8) is 0 Å². The molecule has 132 valence electrons. The van der Waals surface area contributed by atoms with E-state index in [2.05, 4.69) is 10.1 Å². The van der Waals surface area contributed by atoms with E-state index < -0.39 is 36.6 Å². The first-order valence-electron chi connectivity index (χ1n) is 6.88. The Kier molecular flexibility index (Phi) is 6.75. The number of halogens is 3. The van der Waals surface area contributed by atoms with Crippen LogP contribution in [0.25, 0.3) is 0 Å². The van der Waals surface area contributed by atoms with E-state index in [0.717, 1.165) is 12.1 Å². The van der Waals surface area contributed by atoms with Gasteiger partial charge in [-0.05, 0) is 11.6 Å². The lowest BCUT2D eigenvalue weighted by Crippen LogP contribution is -2.38. The highest BCUT2D eigenvalue weighted by Crippen LogP contribution is 2.29. The predicted molar refractivity (Wildman–Crippen MR) is 77.8 cm³/mol. The summed E-state index contributed by atoms with van der Waals surface area (Å²) in [5.74, 6) is -1.86. The molecular weight excluding hydrogens is 329 g/mol. The third-order valence-corrected chi connectivity index (χ3v) is 2.90. The highest BCUT2D eigenvalue weighted by molar-refractivity contribution is 5.86. The smallest absolute Gasteiger partial charge is 0.416 e. The van der Waals surface area contributed by atoms with E-state index in [-0.39, 0.29) is 18.0 Å². The Hall–Kier alpha value is -2.58. The van der Waals surface area contributed by atoms with Crippen molar-refractivity contribution < 1.29 is 32.3 Å². The van der Waals surface area contributed by atoms with Gasteiger partial charge < -0.3 is 15.0 Å². The number of benzene rings is 1. The van der Waals surface area contributed by atoms with Crippen LogP contribution in [0.5, 0.6) is 0 Å². The van der Waals surface area contributed by atoms with Gasteiger partial charge in [0.05, 0.1) is 18.5 Å². The van der Waals surface area contributed by atoms with Gasteiger partial charge in [-0.15, -0.1) is 0 Å². The monoisotopic (exact) mass is 346 g/mol. The highest BCUT2D eigenvalue weighted by Gasteiger charge is 2.30. The summed E-state index contributed by atoms with van der Waals surface area (Å²) in [5.41, 5.74) is -0.745. The molecule has 1 rings (SSSR count). The van der Waals surface area contributed by atoms with Crippen LogP contribution in [0, 0.1) is 0 Å². The van der Waals surface area contributed by atoms with Gasteiger partial charge in [0.15, 0.2) is 6.61 Å². The van der Waals surface area contributed by atoms with Crippen LogP contribution in [0.4, 0.5) is 13.2 Å². The minimum atomic E-state index is -4.50. The molecule has 0 atom stereocenters. The van der Waals surface area contributed by atoms with E-state index in [4.69, 9.17) is 0 Å². The fourth-order valence-corrected chi connectivity index (χ4v) is 1.60. The fourth-order valence-electron chi connectivity index (χ4n) is 1.60. The Morgan fingerprint density at radius 2 is 1.88 bits per heavy atom. The number of amides is 2. The highest BCUT2D eigenvalue weighted by atomic mass is 19.4. The van der Waals surface area contributed by atoms with Gasteiger partial charge in [-0.25, -0.2) is 0 Å². The van der Waals surface area contributed by atoms with Crippen LogP contribution in [-0.4, -0.2) is 49.9 Å². The van der Waals surface area contributed by atoms with Gasteiger partial charge in [0.2, 0.25) is 5.91 Å². The van der Waals surface area contributed by atoms with Crippen molar-refractivity contribution in [3.05, 3.63) is 35.4 Å². The third-order valence-electron chi connectivity index (χ3n) is 2.90. The van der Waals surface area contributed by atoms with Crippen molar-refractivity contribution in [2.45, 2.75) is 12.6 Å². The zero-order valence-electron chi connectivity index (χ0n) is 13.1. The first-order valence-corrected chi connectivity index (χ1v) is 6.88. The molecule has 1 aromatic carbocycles. The van der Waals surface area contributed by atoms with E-state index in [9.17, 15) is 27.6 Å². The van der Waals surface area contributed by atoms with Crippen LogP contribution in [0.3, 0.4) is 0 Å². The summed E-state index contributed by atoms with van der Waals surface area (Å²) in [7, 11) is 3.03. The molecule has 0 saturated heterocycles. The van der Waals surface area contributed by atoms with E-state index in [0.29, 0.717) is 0 Å². The van der Waals surface area contributed by atoms with Gasteiger partial charge in [0, 0.05) is 14.1 Å². The molecule has 6 nitrogen and oxygen atoms in total. The summed E-state index contributed by atoms with van der Waals surface area (Å²) in [6.45, 7) is -0.852. The Morgan fingerprint density at radius 3 is 2.46 bits per heavy atom. The molecule has 0 aliphatic rings. The van der Waals surface area contributed by atoms with Gasteiger partial charge in [0.25, 0.3) is 5.91 Å². The Bertz CT molecular complexity index is 615. The molecule has 2 amide bonds. The Labute approximate surface area is 136 Å². The van der Waals surface area contributed by atoms with Crippen molar-refractivity contribution in [1.29, 1.82) is 0 Å². The van der Waals surface area contributed by atoms with Crippen molar-refractivity contribution in [1.82, 2.24) is 10.2 Å². The molecule has 0 radical (unpaired) electrons. The zero-order chi connectivity index (χ0) is 18.3. The number of carbonyl (C=O) groups is 3. The van der Waals surface area contributed by atoms with Crippen LogP contribution in [-0.2, 0) is 31.7 Å². The summed E-state index contributed by atoms with van der Waals surface area (Å²) >= 11 is 0. The van der Waals surface area contributed by atoms with Crippen LogP contribution in [0.1, 0.15) is 11.1 Å². The van der Waals surface area contributed by atoms with Gasteiger partial charge in [-0.2, -0.15) is 13.2 Å². The standard InChI is InChI=1S/C15H17F3N2O4/c1-20(2)13(22)8-19-12(21)9-24-14(23)7-10-4-3-5-11(6-10)15(16,17)18/h3-6H,7-9H2,1-2H3,(H,19,21). The molecule has 0 bridgehead atoms. The van der Waals surface area contributed by atoms with E-state index in [1.165, 1.54) is 31.1 Å². The van der Waals surface area contributed by atoms with Crippen molar-refractivity contribution in [2.24, 2.45) is 0 Å². The van der Waals surface area contributed by atoms with Crippen molar-refractivity contribution >= 4 is 17.8 Å². The summed E-state index contributed by atoms with van der Waals surface area (Å²) in [4.78, 5) is 35.5. The molecule has 0 unspecified atom stereocenters. The quantitative estimate of drug-likeness (QED) is 0.780. The van der Waals surface area contributed by atoms with Crippen molar-refractivity contribution in [3.8, 4) is 0 Å². The van der Waals surface area contributed by atoms with Crippen LogP contribution in [0.2, 0.25) is 0 Å². The minimum Gasteiger partial charge on any atom is -0.455 e. The number of nitrogens with zero attached hydrogens (tertiary/aromatic N) is 1. The molecule has 1 N–H and O–H groups in total. The van der Waals surface area contributed by atoms with Gasteiger partial charge >= 0.3 is 12.1 Å². The number of hydrogen-bond acceptors (Lipinski definition) is 4. The molecule has 0 aliphatic carbocycles. The number of nitrogens with one attached hydrogen (secondary N) is 1. The molecule has 0 fully saturated rings. The van der Waals surface area contributed by atoms with E-state index in [1.54, 1.807) is 0 Å². The number of ether oxygens (including phenoxy) is 1. The number of hydrogen-bond donors (Lipinski definition) is 1. The molecule has 0 aromatic heterocycles. The summed E-state index contributed by atoms with van der Waals surface area (Å²) in [6.07, 6.45) is -4.90. The Morgan fingerprint density at radius 1 is 1.21 bits per heavy atom. The zero-order valence-corrected chi connectivity index (χ0v) is 13.1. The average Bonchev–Trinajstić information content (AvgIpc) is 2.49. The maximum atomic E-state index is 12.6. The number of rotatable bonds is 6. The lowest BCUT2D eigenvalue weighted by molar-refractivity contribution is -0.148. The lowest BCUT2D eigenvalue weighted by Gasteiger charge is -2.11. The van der Waals surface area contributed by atoms with Crippen LogP contribution >= 0.6 is 0 Å².